The van der Waals surface area contributed by atoms with Crippen LogP contribution in [0, 0.1) is 6.92 Å². The lowest BCUT2D eigenvalue weighted by Gasteiger charge is -2.13. The average Bonchev–Trinajstić information content (AvgIpc) is 2.28. The second-order valence-electron chi connectivity index (χ2n) is 3.83. The van der Waals surface area contributed by atoms with Gasteiger partial charge in [0.15, 0.2) is 0 Å². The smallest absolute Gasteiger partial charge is 0.250 e. The van der Waals surface area contributed by atoms with Gasteiger partial charge >= 0.3 is 0 Å². The van der Waals surface area contributed by atoms with Crippen LogP contribution >= 0.6 is 0 Å². The van der Waals surface area contributed by atoms with E-state index in [4.69, 9.17) is 4.74 Å². The van der Waals surface area contributed by atoms with Gasteiger partial charge < -0.3 is 15.2 Å². The maximum Gasteiger partial charge on any atom is 0.250 e. The second kappa shape index (κ2) is 7.19. The molecular formula is C12H17F2NO2. The zero-order valence-electron chi connectivity index (χ0n) is 9.70. The molecule has 0 saturated heterocycles. The highest BCUT2D eigenvalue weighted by molar-refractivity contribution is 5.26. The minimum atomic E-state index is -2.40. The van der Waals surface area contributed by atoms with Gasteiger partial charge in [0, 0.05) is 6.54 Å². The number of ether oxygens (including phenoxy) is 1. The molecule has 17 heavy (non-hydrogen) atoms. The van der Waals surface area contributed by atoms with E-state index >= 15 is 0 Å². The zero-order valence-corrected chi connectivity index (χ0v) is 9.70. The lowest BCUT2D eigenvalue weighted by atomic mass is 10.2. The number of aliphatic hydroxyl groups is 1. The van der Waals surface area contributed by atoms with Gasteiger partial charge in [0.2, 0.25) is 0 Å². The molecule has 0 amide bonds. The molecule has 5 heteroatoms. The highest BCUT2D eigenvalue weighted by atomic mass is 19.3. The van der Waals surface area contributed by atoms with E-state index in [0.717, 1.165) is 5.56 Å². The van der Waals surface area contributed by atoms with Crippen molar-refractivity contribution in [3.8, 4) is 5.75 Å². The van der Waals surface area contributed by atoms with Crippen molar-refractivity contribution < 1.29 is 18.6 Å². The first-order valence-corrected chi connectivity index (χ1v) is 5.44. The van der Waals surface area contributed by atoms with Crippen LogP contribution in [0.4, 0.5) is 8.78 Å². The third-order valence-electron chi connectivity index (χ3n) is 2.14. The SMILES string of the molecule is Cc1ccc(OCC(O)CNCC(F)F)cc1. The van der Waals surface area contributed by atoms with Crippen LogP contribution in [0.3, 0.4) is 0 Å². The molecule has 2 N–H and O–H groups in total. The summed E-state index contributed by atoms with van der Waals surface area (Å²) < 4.78 is 28.9. The summed E-state index contributed by atoms with van der Waals surface area (Å²) >= 11 is 0. The summed E-state index contributed by atoms with van der Waals surface area (Å²) in [6, 6.07) is 7.40. The number of rotatable bonds is 7. The zero-order chi connectivity index (χ0) is 12.7. The average molecular weight is 245 g/mol. The van der Waals surface area contributed by atoms with Gasteiger partial charge in [0.05, 0.1) is 6.54 Å². The Labute approximate surface area is 99.4 Å². The maximum absolute atomic E-state index is 11.8. The molecule has 3 nitrogen and oxygen atoms in total. The molecule has 1 aromatic carbocycles. The number of hydrogen-bond acceptors (Lipinski definition) is 3. The largest absolute Gasteiger partial charge is 0.491 e. The molecule has 0 aromatic heterocycles. The molecule has 1 unspecified atom stereocenters. The molecule has 0 fully saturated rings. The first kappa shape index (κ1) is 13.9. The van der Waals surface area contributed by atoms with Crippen molar-refractivity contribution >= 4 is 0 Å². The fourth-order valence-electron chi connectivity index (χ4n) is 1.24. The van der Waals surface area contributed by atoms with E-state index in [-0.39, 0.29) is 13.2 Å². The standard InChI is InChI=1S/C12H17F2NO2/c1-9-2-4-11(5-3-9)17-8-10(16)6-15-7-12(13)14/h2-5,10,12,15-16H,6-8H2,1H3. The van der Waals surface area contributed by atoms with Crippen LogP contribution in [0.2, 0.25) is 0 Å². The summed E-state index contributed by atoms with van der Waals surface area (Å²) in [5.41, 5.74) is 1.12. The van der Waals surface area contributed by atoms with Crippen LogP contribution < -0.4 is 10.1 Å². The Kier molecular flexibility index (Phi) is 5.86. The van der Waals surface area contributed by atoms with Gasteiger partial charge in [-0.1, -0.05) is 17.7 Å². The topological polar surface area (TPSA) is 41.5 Å². The molecule has 0 spiro atoms. The van der Waals surface area contributed by atoms with Crippen molar-refractivity contribution in [2.45, 2.75) is 19.5 Å². The first-order valence-electron chi connectivity index (χ1n) is 5.44. The molecule has 0 radical (unpaired) electrons. The highest BCUT2D eigenvalue weighted by Crippen LogP contribution is 2.11. The number of aryl methyl sites for hydroxylation is 1. The summed E-state index contributed by atoms with van der Waals surface area (Å²) in [6.45, 7) is 1.73. The minimum absolute atomic E-state index is 0.0826. The fourth-order valence-corrected chi connectivity index (χ4v) is 1.24. The Balaban J connectivity index is 2.19. The van der Waals surface area contributed by atoms with E-state index in [1.807, 2.05) is 19.1 Å². The van der Waals surface area contributed by atoms with E-state index in [1.54, 1.807) is 12.1 Å². The Hall–Kier alpha value is -1.20. The van der Waals surface area contributed by atoms with Crippen LogP contribution in [0.15, 0.2) is 24.3 Å². The van der Waals surface area contributed by atoms with Crippen molar-refractivity contribution in [1.29, 1.82) is 0 Å². The number of alkyl halides is 2. The van der Waals surface area contributed by atoms with E-state index in [0.29, 0.717) is 5.75 Å². The van der Waals surface area contributed by atoms with Gasteiger partial charge in [-0.15, -0.1) is 0 Å². The molecule has 0 saturated carbocycles. The summed E-state index contributed by atoms with van der Waals surface area (Å²) in [5.74, 6) is 0.656. The molecule has 0 heterocycles. The third-order valence-corrected chi connectivity index (χ3v) is 2.14. The van der Waals surface area contributed by atoms with Crippen LogP contribution in [0.5, 0.6) is 5.75 Å². The molecule has 1 aromatic rings. The normalized spacial score (nSPS) is 12.8. The van der Waals surface area contributed by atoms with Crippen LogP contribution in [0.25, 0.3) is 0 Å². The van der Waals surface area contributed by atoms with E-state index in [9.17, 15) is 13.9 Å². The Morgan fingerprint density at radius 1 is 1.24 bits per heavy atom. The monoisotopic (exact) mass is 245 g/mol. The summed E-state index contributed by atoms with van der Waals surface area (Å²) in [6.07, 6.45) is -3.20. The van der Waals surface area contributed by atoms with E-state index in [2.05, 4.69) is 5.32 Å². The quantitative estimate of drug-likeness (QED) is 0.766. The molecule has 0 aliphatic carbocycles. The Morgan fingerprint density at radius 2 is 1.88 bits per heavy atom. The number of benzene rings is 1. The predicted molar refractivity (Wildman–Crippen MR) is 61.6 cm³/mol. The van der Waals surface area contributed by atoms with Crippen molar-refractivity contribution in [3.05, 3.63) is 29.8 Å². The van der Waals surface area contributed by atoms with Gasteiger partial charge in [0.25, 0.3) is 6.43 Å². The summed E-state index contributed by atoms with van der Waals surface area (Å²) in [4.78, 5) is 0. The van der Waals surface area contributed by atoms with Gasteiger partial charge in [-0.3, -0.25) is 0 Å². The van der Waals surface area contributed by atoms with Gasteiger partial charge in [-0.25, -0.2) is 8.78 Å². The molecule has 0 aliphatic heterocycles. The second-order valence-corrected chi connectivity index (χ2v) is 3.83. The van der Waals surface area contributed by atoms with Crippen molar-refractivity contribution in [3.63, 3.8) is 0 Å². The number of hydrogen-bond donors (Lipinski definition) is 2. The minimum Gasteiger partial charge on any atom is -0.491 e. The van der Waals surface area contributed by atoms with Crippen LogP contribution in [-0.2, 0) is 0 Å². The molecule has 0 bridgehead atoms. The lowest BCUT2D eigenvalue weighted by molar-refractivity contribution is 0.0951. The molecule has 96 valence electrons. The van der Waals surface area contributed by atoms with Crippen molar-refractivity contribution in [2.24, 2.45) is 0 Å². The van der Waals surface area contributed by atoms with Gasteiger partial charge in [-0.2, -0.15) is 0 Å². The van der Waals surface area contributed by atoms with Gasteiger partial charge in [-0.05, 0) is 19.1 Å². The number of nitrogens with one attached hydrogen (secondary N) is 1. The predicted octanol–water partition coefficient (Wildman–Crippen LogP) is 1.59. The molecular weight excluding hydrogens is 228 g/mol. The van der Waals surface area contributed by atoms with E-state index < -0.39 is 19.1 Å². The number of aliphatic hydroxyl groups excluding tert-OH is 1. The fraction of sp³-hybridized carbons (Fsp3) is 0.500. The highest BCUT2D eigenvalue weighted by Gasteiger charge is 2.07. The van der Waals surface area contributed by atoms with Crippen molar-refractivity contribution in [1.82, 2.24) is 5.32 Å². The summed E-state index contributed by atoms with van der Waals surface area (Å²) in [7, 11) is 0. The Bertz CT molecular complexity index is 317. The van der Waals surface area contributed by atoms with Crippen molar-refractivity contribution in [2.75, 3.05) is 19.7 Å². The van der Waals surface area contributed by atoms with E-state index in [1.165, 1.54) is 0 Å². The third kappa shape index (κ3) is 6.19. The summed E-state index contributed by atoms with van der Waals surface area (Å²) in [5, 5.41) is 11.9. The van der Waals surface area contributed by atoms with Crippen LogP contribution in [0.1, 0.15) is 5.56 Å². The Morgan fingerprint density at radius 3 is 2.47 bits per heavy atom. The molecule has 1 atom stereocenters. The van der Waals surface area contributed by atoms with Crippen LogP contribution in [-0.4, -0.2) is 37.3 Å². The molecule has 1 rings (SSSR count). The number of halogens is 2. The molecule has 0 aliphatic rings. The lowest BCUT2D eigenvalue weighted by Crippen LogP contribution is -2.33. The van der Waals surface area contributed by atoms with Gasteiger partial charge in [0.1, 0.15) is 18.5 Å². The first-order chi connectivity index (χ1) is 8.08. The maximum atomic E-state index is 11.8.